The summed E-state index contributed by atoms with van der Waals surface area (Å²) in [6.07, 6.45) is 7.17. The molecule has 58 heavy (non-hydrogen) atoms. The molecule has 1 aliphatic rings. The lowest BCUT2D eigenvalue weighted by molar-refractivity contribution is -0.715. The number of carboxylic acids is 5. The zero-order valence-electron chi connectivity index (χ0n) is 33.9. The van der Waals surface area contributed by atoms with E-state index < -0.39 is 89.2 Å². The van der Waals surface area contributed by atoms with E-state index in [1.54, 1.807) is 21.5 Å². The largest absolute Gasteiger partial charge is 0.481 e. The number of amides is 3. The molecule has 3 heterocycles. The van der Waals surface area contributed by atoms with Crippen LogP contribution in [0.25, 0.3) is 0 Å². The smallest absolute Gasteiger partial charge is 0.346 e. The lowest BCUT2D eigenvalue weighted by atomic mass is 9.74. The van der Waals surface area contributed by atoms with Gasteiger partial charge in [-0.05, 0) is 65.2 Å². The van der Waals surface area contributed by atoms with Crippen molar-refractivity contribution in [1.29, 1.82) is 0 Å². The first-order chi connectivity index (χ1) is 26.8. The highest BCUT2D eigenvalue weighted by atomic mass is 16.4. The van der Waals surface area contributed by atoms with E-state index in [9.17, 15) is 54.0 Å². The molecule has 0 bridgehead atoms. The number of fused-ring (bicyclic) bond motifs is 2. The Morgan fingerprint density at radius 1 is 0.828 bits per heavy atom. The average molecular weight is 822 g/mol. The third-order valence-corrected chi connectivity index (χ3v) is 10.5. The van der Waals surface area contributed by atoms with Crippen molar-refractivity contribution < 1.29 is 68.2 Å². The number of aromatic nitrogens is 4. The summed E-state index contributed by atoms with van der Waals surface area (Å²) in [5.41, 5.74) is 4.55. The van der Waals surface area contributed by atoms with E-state index in [1.807, 2.05) is 63.1 Å². The molecule has 0 aliphatic carbocycles. The van der Waals surface area contributed by atoms with Gasteiger partial charge in [-0.3, -0.25) is 14.5 Å². The van der Waals surface area contributed by atoms with Crippen LogP contribution in [0.15, 0.2) is 24.8 Å². The molecule has 10 N–H and O–H groups in total. The highest BCUT2D eigenvalue weighted by molar-refractivity contribution is 5.86. The minimum atomic E-state index is -1.53. The van der Waals surface area contributed by atoms with Crippen molar-refractivity contribution in [3.8, 4) is 0 Å². The predicted molar refractivity (Wildman–Crippen MR) is 202 cm³/mol. The average Bonchev–Trinajstić information content (AvgIpc) is 3.66. The van der Waals surface area contributed by atoms with Crippen LogP contribution >= 0.6 is 0 Å². The van der Waals surface area contributed by atoms with E-state index in [0.717, 1.165) is 11.6 Å². The molecule has 3 amide bonds. The second-order valence-corrected chi connectivity index (χ2v) is 16.7. The number of unbranched alkanes of at least 4 members (excludes halogenated alkanes) is 1. The summed E-state index contributed by atoms with van der Waals surface area (Å²) < 4.78 is 7.42. The van der Waals surface area contributed by atoms with Gasteiger partial charge in [0.05, 0.1) is 6.04 Å². The first kappa shape index (κ1) is 46.8. The van der Waals surface area contributed by atoms with Crippen LogP contribution in [-0.2, 0) is 67.0 Å². The molecule has 21 nitrogen and oxygen atoms in total. The Kier molecular flexibility index (Phi) is 15.5. The second kappa shape index (κ2) is 19.2. The van der Waals surface area contributed by atoms with E-state index in [-0.39, 0.29) is 45.6 Å². The van der Waals surface area contributed by atoms with E-state index in [4.69, 9.17) is 10.8 Å². The Labute approximate surface area is 335 Å². The molecule has 0 aromatic carbocycles. The SMILES string of the molecule is CC(C)(CC(C)(C)N1Cc2n(CC(=O)O)cc[n+]2CC(C)(C)n2cc[n+](CC(=O)O)c2C1)C(N)C(=O)NCCCCC(NC(=O)NC(CCC(=O)O)C(=O)O)C(=O)O. The van der Waals surface area contributed by atoms with Crippen molar-refractivity contribution in [1.82, 2.24) is 30.0 Å². The number of carboxylic acid groups (broad SMARTS) is 5. The Bertz CT molecular complexity index is 1850. The molecule has 3 atom stereocenters. The Morgan fingerprint density at radius 3 is 2.00 bits per heavy atom. The number of aliphatic carboxylic acids is 5. The number of carbonyl (C=O) groups is 7. The van der Waals surface area contributed by atoms with Gasteiger partial charge in [-0.1, -0.05) is 13.8 Å². The summed E-state index contributed by atoms with van der Waals surface area (Å²) in [6.45, 7) is 12.4. The molecule has 3 rings (SSSR count). The zero-order valence-corrected chi connectivity index (χ0v) is 33.9. The van der Waals surface area contributed by atoms with Gasteiger partial charge in [0.1, 0.15) is 62.0 Å². The number of urea groups is 1. The minimum absolute atomic E-state index is 0.0457. The van der Waals surface area contributed by atoms with Crippen LogP contribution in [0.2, 0.25) is 0 Å². The molecule has 0 saturated heterocycles. The van der Waals surface area contributed by atoms with Gasteiger partial charge in [0.2, 0.25) is 5.91 Å². The van der Waals surface area contributed by atoms with Crippen LogP contribution in [0.3, 0.4) is 0 Å². The van der Waals surface area contributed by atoms with Gasteiger partial charge < -0.3 is 47.2 Å². The summed E-state index contributed by atoms with van der Waals surface area (Å²) in [6, 6.07) is -4.98. The fourth-order valence-electron chi connectivity index (χ4n) is 7.52. The van der Waals surface area contributed by atoms with Gasteiger partial charge in [0, 0.05) is 18.5 Å². The Balaban J connectivity index is 1.71. The number of carbonyl (C=O) groups excluding carboxylic acids is 2. The zero-order chi connectivity index (χ0) is 43.7. The molecule has 3 unspecified atom stereocenters. The highest BCUT2D eigenvalue weighted by Crippen LogP contribution is 2.36. The van der Waals surface area contributed by atoms with E-state index in [0.29, 0.717) is 19.4 Å². The quantitative estimate of drug-likeness (QED) is 0.0576. The first-order valence-electron chi connectivity index (χ1n) is 19.0. The van der Waals surface area contributed by atoms with Crippen molar-refractivity contribution in [3.63, 3.8) is 0 Å². The number of rotatable bonds is 21. The lowest BCUT2D eigenvalue weighted by Crippen LogP contribution is -2.56. The number of nitrogens with zero attached hydrogens (tertiary/aromatic N) is 5. The second-order valence-electron chi connectivity index (χ2n) is 16.7. The Hall–Kier alpha value is -5.57. The maximum absolute atomic E-state index is 13.4. The fourth-order valence-corrected chi connectivity index (χ4v) is 7.52. The van der Waals surface area contributed by atoms with Crippen molar-refractivity contribution in [2.45, 2.75) is 142 Å². The Morgan fingerprint density at radius 2 is 1.43 bits per heavy atom. The molecular formula is C37H59N9O12+2. The van der Waals surface area contributed by atoms with E-state index in [2.05, 4.69) is 20.9 Å². The number of imidazole rings is 2. The third kappa shape index (κ3) is 12.7. The lowest BCUT2D eigenvalue weighted by Gasteiger charge is -2.43. The van der Waals surface area contributed by atoms with Crippen LogP contribution in [-0.4, -0.2) is 112 Å². The molecule has 0 fully saturated rings. The normalized spacial score (nSPS) is 15.9. The maximum Gasteiger partial charge on any atom is 0.346 e. The summed E-state index contributed by atoms with van der Waals surface area (Å²) in [7, 11) is 0. The van der Waals surface area contributed by atoms with Crippen LogP contribution in [0, 0.1) is 5.41 Å². The van der Waals surface area contributed by atoms with Gasteiger partial charge in [0.15, 0.2) is 13.1 Å². The van der Waals surface area contributed by atoms with Gasteiger partial charge >= 0.3 is 35.9 Å². The number of nitrogens with two attached hydrogens (primary N) is 1. The molecule has 0 radical (unpaired) electrons. The van der Waals surface area contributed by atoms with Crippen molar-refractivity contribution in [2.24, 2.45) is 11.1 Å². The molecule has 0 saturated carbocycles. The molecule has 0 spiro atoms. The third-order valence-electron chi connectivity index (χ3n) is 10.5. The summed E-state index contributed by atoms with van der Waals surface area (Å²) in [5, 5.41) is 54.2. The molecule has 1 aliphatic heterocycles. The standard InChI is InChI=1S/C37H57N9O12/c1-35(2,30(38)31(53)39-12-8-7-9-23(32(54)55)40-34(58)41-24(33(56)57)10-11-27(47)48)21-36(3,4)45-17-25-42(19-28(49)50)13-14-44(25)22-37(5,6)46-16-15-43(20-29(51)52)26(46)18-45/h13-16,23-24,30H,7-12,17-22,38H2,1-6H3,(H6-2,39,40,41,47,48,49,50,51,52,53,54,55,56,57,58)/p+2. The van der Waals surface area contributed by atoms with Crippen LogP contribution in [0.4, 0.5) is 4.79 Å². The maximum atomic E-state index is 13.4. The topological polar surface area (TPSA) is 304 Å². The minimum Gasteiger partial charge on any atom is -0.481 e. The molecule has 322 valence electrons. The summed E-state index contributed by atoms with van der Waals surface area (Å²) >= 11 is 0. The van der Waals surface area contributed by atoms with Crippen LogP contribution in [0.1, 0.15) is 91.7 Å². The van der Waals surface area contributed by atoms with Crippen molar-refractivity contribution in [2.75, 3.05) is 6.54 Å². The van der Waals surface area contributed by atoms with Crippen LogP contribution in [0.5, 0.6) is 0 Å². The number of hydrogen-bond donors (Lipinski definition) is 9. The summed E-state index contributed by atoms with van der Waals surface area (Å²) in [5.74, 6) is -5.07. The number of hydrogen-bond acceptors (Lipinski definition) is 9. The number of nitrogens with one attached hydrogen (secondary N) is 3. The van der Waals surface area contributed by atoms with Gasteiger partial charge in [-0.15, -0.1) is 0 Å². The van der Waals surface area contributed by atoms with Gasteiger partial charge in [0.25, 0.3) is 11.6 Å². The monoisotopic (exact) mass is 821 g/mol. The van der Waals surface area contributed by atoms with E-state index >= 15 is 0 Å². The molecule has 2 aromatic rings. The molecule has 21 heteroatoms. The van der Waals surface area contributed by atoms with Gasteiger partial charge in [-0.2, -0.15) is 0 Å². The predicted octanol–water partition coefficient (Wildman–Crippen LogP) is -0.336. The van der Waals surface area contributed by atoms with Crippen molar-refractivity contribution >= 4 is 41.8 Å². The molecule has 2 aromatic heterocycles. The highest BCUT2D eigenvalue weighted by Gasteiger charge is 2.45. The first-order valence-corrected chi connectivity index (χ1v) is 19.0. The van der Waals surface area contributed by atoms with Crippen molar-refractivity contribution in [3.05, 3.63) is 36.4 Å². The van der Waals surface area contributed by atoms with E-state index in [1.165, 1.54) is 0 Å². The van der Waals surface area contributed by atoms with Gasteiger partial charge in [-0.25, -0.2) is 42.2 Å². The fraction of sp³-hybridized carbons (Fsp3) is 0.649. The van der Waals surface area contributed by atoms with Crippen LogP contribution < -0.4 is 30.8 Å². The molecular weight excluding hydrogens is 762 g/mol. The summed E-state index contributed by atoms with van der Waals surface area (Å²) in [4.78, 5) is 85.6.